The predicted molar refractivity (Wildman–Crippen MR) is 94.2 cm³/mol. The van der Waals surface area contributed by atoms with Crippen molar-refractivity contribution in [2.45, 2.75) is 71.4 Å². The van der Waals surface area contributed by atoms with Crippen LogP contribution in [0.4, 0.5) is 0 Å². The van der Waals surface area contributed by atoms with E-state index in [0.717, 1.165) is 6.54 Å². The molecular formula is C18H32N2S. The van der Waals surface area contributed by atoms with Crippen molar-refractivity contribution in [1.82, 2.24) is 10.2 Å². The van der Waals surface area contributed by atoms with Crippen molar-refractivity contribution in [3.05, 3.63) is 21.9 Å². The van der Waals surface area contributed by atoms with Gasteiger partial charge in [0.1, 0.15) is 0 Å². The quantitative estimate of drug-likeness (QED) is 0.815. The van der Waals surface area contributed by atoms with Crippen LogP contribution in [0.5, 0.6) is 0 Å². The Labute approximate surface area is 134 Å². The summed E-state index contributed by atoms with van der Waals surface area (Å²) < 4.78 is 0. The number of likely N-dealkylation sites (tertiary alicyclic amines) is 1. The van der Waals surface area contributed by atoms with E-state index in [-0.39, 0.29) is 5.54 Å². The summed E-state index contributed by atoms with van der Waals surface area (Å²) in [5, 5.41) is 3.83. The minimum Gasteiger partial charge on any atom is -0.308 e. The molecule has 1 aromatic rings. The van der Waals surface area contributed by atoms with Crippen molar-refractivity contribution in [1.29, 1.82) is 0 Å². The van der Waals surface area contributed by atoms with Gasteiger partial charge in [-0.05, 0) is 71.8 Å². The van der Waals surface area contributed by atoms with Crippen LogP contribution in [0.1, 0.15) is 68.7 Å². The summed E-state index contributed by atoms with van der Waals surface area (Å²) in [6, 6.07) is 5.03. The summed E-state index contributed by atoms with van der Waals surface area (Å²) in [5.74, 6) is 0. The molecule has 1 unspecified atom stereocenters. The van der Waals surface area contributed by atoms with E-state index in [9.17, 15) is 0 Å². The van der Waals surface area contributed by atoms with Crippen LogP contribution in [-0.4, -0.2) is 30.1 Å². The van der Waals surface area contributed by atoms with Crippen molar-refractivity contribution < 1.29 is 0 Å². The molecule has 0 radical (unpaired) electrons. The van der Waals surface area contributed by atoms with Gasteiger partial charge >= 0.3 is 0 Å². The smallest absolute Gasteiger partial charge is 0.0596 e. The molecule has 21 heavy (non-hydrogen) atoms. The van der Waals surface area contributed by atoms with Crippen molar-refractivity contribution in [2.24, 2.45) is 0 Å². The van der Waals surface area contributed by atoms with Crippen LogP contribution < -0.4 is 5.32 Å². The number of hydrogen-bond donors (Lipinski definition) is 1. The summed E-state index contributed by atoms with van der Waals surface area (Å²) in [6.45, 7) is 12.9. The Bertz CT molecular complexity index is 417. The van der Waals surface area contributed by atoms with Gasteiger partial charge in [0.15, 0.2) is 0 Å². The number of aryl methyl sites for hydroxylation is 1. The topological polar surface area (TPSA) is 15.3 Å². The Balaban J connectivity index is 2.20. The van der Waals surface area contributed by atoms with Crippen molar-refractivity contribution in [3.63, 3.8) is 0 Å². The van der Waals surface area contributed by atoms with Gasteiger partial charge in [0.05, 0.1) is 6.04 Å². The minimum absolute atomic E-state index is 0.177. The first kappa shape index (κ1) is 17.0. The van der Waals surface area contributed by atoms with Gasteiger partial charge < -0.3 is 5.32 Å². The second kappa shape index (κ2) is 7.75. The van der Waals surface area contributed by atoms with E-state index >= 15 is 0 Å². The number of nitrogens with one attached hydrogen (secondary N) is 1. The van der Waals surface area contributed by atoms with Gasteiger partial charge in [-0.25, -0.2) is 0 Å². The Hall–Kier alpha value is -0.380. The lowest BCUT2D eigenvalue weighted by molar-refractivity contribution is 0.0846. The van der Waals surface area contributed by atoms with Gasteiger partial charge in [0, 0.05) is 15.3 Å². The molecule has 3 heteroatoms. The largest absolute Gasteiger partial charge is 0.308 e. The SMILES string of the molecule is CCCNC(c1ccc(C)s1)C(C)(C)N1CCCCCC1. The molecule has 1 aromatic heterocycles. The molecule has 0 saturated carbocycles. The van der Waals surface area contributed by atoms with Crippen molar-refractivity contribution in [3.8, 4) is 0 Å². The van der Waals surface area contributed by atoms with Crippen LogP contribution >= 0.6 is 11.3 Å². The highest BCUT2D eigenvalue weighted by atomic mass is 32.1. The average Bonchev–Trinajstić information content (AvgIpc) is 2.71. The zero-order valence-corrected chi connectivity index (χ0v) is 15.1. The molecule has 1 saturated heterocycles. The van der Waals surface area contributed by atoms with Gasteiger partial charge in [-0.3, -0.25) is 4.90 Å². The number of nitrogens with zero attached hydrogens (tertiary/aromatic N) is 1. The van der Waals surface area contributed by atoms with Crippen LogP contribution in [0.3, 0.4) is 0 Å². The summed E-state index contributed by atoms with van der Waals surface area (Å²) >= 11 is 1.95. The average molecular weight is 309 g/mol. The first-order valence-corrected chi connectivity index (χ1v) is 9.42. The molecule has 2 heterocycles. The molecule has 120 valence electrons. The van der Waals surface area contributed by atoms with Gasteiger partial charge in [0.2, 0.25) is 0 Å². The highest BCUT2D eigenvalue weighted by Gasteiger charge is 2.36. The summed E-state index contributed by atoms with van der Waals surface area (Å²) in [7, 11) is 0. The molecule has 1 fully saturated rings. The van der Waals surface area contributed by atoms with E-state index in [0.29, 0.717) is 6.04 Å². The molecule has 2 rings (SSSR count). The number of thiophene rings is 1. The van der Waals surface area contributed by atoms with E-state index in [1.165, 1.54) is 54.9 Å². The van der Waals surface area contributed by atoms with Crippen LogP contribution in [0, 0.1) is 6.92 Å². The Morgan fingerprint density at radius 1 is 1.19 bits per heavy atom. The van der Waals surface area contributed by atoms with Crippen molar-refractivity contribution >= 4 is 11.3 Å². The minimum atomic E-state index is 0.177. The van der Waals surface area contributed by atoms with Gasteiger partial charge in [-0.1, -0.05) is 19.8 Å². The first-order valence-electron chi connectivity index (χ1n) is 8.60. The third kappa shape index (κ3) is 4.30. The molecule has 0 amide bonds. The number of hydrogen-bond acceptors (Lipinski definition) is 3. The maximum Gasteiger partial charge on any atom is 0.0596 e. The normalized spacial score (nSPS) is 19.4. The highest BCUT2D eigenvalue weighted by molar-refractivity contribution is 7.12. The van der Waals surface area contributed by atoms with Gasteiger partial charge in [-0.2, -0.15) is 0 Å². The second-order valence-corrected chi connectivity index (χ2v) is 8.21. The highest BCUT2D eigenvalue weighted by Crippen LogP contribution is 2.36. The van der Waals surface area contributed by atoms with Crippen LogP contribution in [-0.2, 0) is 0 Å². The van der Waals surface area contributed by atoms with Crippen LogP contribution in [0.25, 0.3) is 0 Å². The predicted octanol–water partition coefficient (Wildman–Crippen LogP) is 4.75. The molecule has 0 spiro atoms. The third-order valence-corrected chi connectivity index (χ3v) is 5.84. The maximum absolute atomic E-state index is 3.83. The third-order valence-electron chi connectivity index (χ3n) is 4.77. The standard InChI is InChI=1S/C18H32N2S/c1-5-12-19-17(16-11-10-15(2)21-16)18(3,4)20-13-8-6-7-9-14-20/h10-11,17,19H,5-9,12-14H2,1-4H3. The second-order valence-electron chi connectivity index (χ2n) is 6.89. The fourth-order valence-corrected chi connectivity index (χ4v) is 4.56. The molecule has 0 bridgehead atoms. The Kier molecular flexibility index (Phi) is 6.27. The Morgan fingerprint density at radius 2 is 1.86 bits per heavy atom. The molecule has 2 nitrogen and oxygen atoms in total. The number of rotatable bonds is 6. The lowest BCUT2D eigenvalue weighted by atomic mass is 9.90. The summed E-state index contributed by atoms with van der Waals surface area (Å²) in [4.78, 5) is 5.64. The van der Waals surface area contributed by atoms with E-state index < -0.39 is 0 Å². The van der Waals surface area contributed by atoms with Gasteiger partial charge in [0.25, 0.3) is 0 Å². The molecule has 1 atom stereocenters. The van der Waals surface area contributed by atoms with E-state index in [2.05, 4.69) is 50.0 Å². The lowest BCUT2D eigenvalue weighted by Crippen LogP contribution is -2.53. The molecule has 1 N–H and O–H groups in total. The molecular weight excluding hydrogens is 276 g/mol. The zero-order valence-electron chi connectivity index (χ0n) is 14.2. The summed E-state index contributed by atoms with van der Waals surface area (Å²) in [5.41, 5.74) is 0.177. The monoisotopic (exact) mass is 308 g/mol. The van der Waals surface area contributed by atoms with Crippen LogP contribution in [0.15, 0.2) is 12.1 Å². The van der Waals surface area contributed by atoms with Gasteiger partial charge in [-0.15, -0.1) is 11.3 Å². The van der Waals surface area contributed by atoms with E-state index in [1.54, 1.807) is 0 Å². The fourth-order valence-electron chi connectivity index (χ4n) is 3.43. The van der Waals surface area contributed by atoms with E-state index in [4.69, 9.17) is 0 Å². The Morgan fingerprint density at radius 3 is 2.38 bits per heavy atom. The lowest BCUT2D eigenvalue weighted by Gasteiger charge is -2.44. The van der Waals surface area contributed by atoms with Crippen LogP contribution in [0.2, 0.25) is 0 Å². The molecule has 0 aliphatic carbocycles. The summed E-state index contributed by atoms with van der Waals surface area (Å²) in [6.07, 6.45) is 6.70. The first-order chi connectivity index (χ1) is 10.1. The molecule has 1 aliphatic rings. The zero-order chi connectivity index (χ0) is 15.3. The van der Waals surface area contributed by atoms with Crippen molar-refractivity contribution in [2.75, 3.05) is 19.6 Å². The van der Waals surface area contributed by atoms with E-state index in [1.807, 2.05) is 11.3 Å². The maximum atomic E-state index is 3.83. The molecule has 0 aromatic carbocycles. The molecule has 1 aliphatic heterocycles. The fraction of sp³-hybridized carbons (Fsp3) is 0.778.